The summed E-state index contributed by atoms with van der Waals surface area (Å²) in [6, 6.07) is 12.5. The molecule has 8 nitrogen and oxygen atoms in total. The molecule has 1 N–H and O–H groups in total. The predicted molar refractivity (Wildman–Crippen MR) is 133 cm³/mol. The van der Waals surface area contributed by atoms with Crippen molar-refractivity contribution in [1.82, 2.24) is 9.21 Å². The van der Waals surface area contributed by atoms with E-state index in [9.17, 15) is 13.2 Å². The van der Waals surface area contributed by atoms with Gasteiger partial charge in [-0.05, 0) is 64.1 Å². The maximum atomic E-state index is 13.1. The van der Waals surface area contributed by atoms with Gasteiger partial charge in [-0.25, -0.2) is 8.42 Å². The van der Waals surface area contributed by atoms with E-state index in [1.54, 1.807) is 12.1 Å². The van der Waals surface area contributed by atoms with Crippen molar-refractivity contribution >= 4 is 21.6 Å². The number of nitrogens with one attached hydrogen (secondary N) is 1. The molecule has 0 bridgehead atoms. The van der Waals surface area contributed by atoms with Crippen LogP contribution in [0.3, 0.4) is 0 Å². The van der Waals surface area contributed by atoms with E-state index < -0.39 is 10.0 Å². The molecule has 0 spiro atoms. The van der Waals surface area contributed by atoms with Crippen molar-refractivity contribution < 1.29 is 22.7 Å². The molecule has 1 fully saturated rings. The third-order valence-corrected chi connectivity index (χ3v) is 7.55. The molecule has 0 aromatic heterocycles. The number of ether oxygens (including phenoxy) is 2. The highest BCUT2D eigenvalue weighted by molar-refractivity contribution is 7.89. The first-order valence-electron chi connectivity index (χ1n) is 11.7. The topological polar surface area (TPSA) is 88.2 Å². The van der Waals surface area contributed by atoms with Gasteiger partial charge < -0.3 is 14.8 Å². The number of anilines is 1. The Morgan fingerprint density at radius 2 is 1.76 bits per heavy atom. The SMILES string of the molecule is CCOc1ccc(S(=O)(=O)N2CCCCC2)cc1NC(=O)CN(C)CCOc1ccc(C)cc1. The molecule has 0 saturated carbocycles. The van der Waals surface area contributed by atoms with Crippen molar-refractivity contribution in [2.24, 2.45) is 0 Å². The van der Waals surface area contributed by atoms with Gasteiger partial charge in [0.15, 0.2) is 0 Å². The first kappa shape index (κ1) is 26.0. The summed E-state index contributed by atoms with van der Waals surface area (Å²) in [5.41, 5.74) is 1.52. The molecule has 1 aliphatic rings. The van der Waals surface area contributed by atoms with Crippen LogP contribution in [0.5, 0.6) is 11.5 Å². The summed E-state index contributed by atoms with van der Waals surface area (Å²) in [4.78, 5) is 14.7. The summed E-state index contributed by atoms with van der Waals surface area (Å²) in [7, 11) is -1.78. The van der Waals surface area contributed by atoms with Gasteiger partial charge in [0, 0.05) is 19.6 Å². The molecule has 2 aromatic carbocycles. The van der Waals surface area contributed by atoms with Gasteiger partial charge in [-0.3, -0.25) is 9.69 Å². The van der Waals surface area contributed by atoms with Gasteiger partial charge in [0.1, 0.15) is 18.1 Å². The van der Waals surface area contributed by atoms with E-state index in [-0.39, 0.29) is 17.3 Å². The van der Waals surface area contributed by atoms with E-state index >= 15 is 0 Å². The Labute approximate surface area is 202 Å². The molecular formula is C25H35N3O5S. The molecule has 0 radical (unpaired) electrons. The van der Waals surface area contributed by atoms with E-state index in [4.69, 9.17) is 9.47 Å². The Bertz CT molecular complexity index is 1050. The molecule has 34 heavy (non-hydrogen) atoms. The predicted octanol–water partition coefficient (Wildman–Crippen LogP) is 3.52. The normalized spacial score (nSPS) is 14.7. The standard InChI is InChI=1S/C25H35N3O5S/c1-4-32-24-13-12-22(34(30,31)28-14-6-5-7-15-28)18-23(24)26-25(29)19-27(3)16-17-33-21-10-8-20(2)9-11-21/h8-13,18H,4-7,14-17,19H2,1-3H3,(H,26,29). The largest absolute Gasteiger partial charge is 0.492 e. The fourth-order valence-electron chi connectivity index (χ4n) is 3.77. The van der Waals surface area contributed by atoms with Gasteiger partial charge in [-0.1, -0.05) is 24.1 Å². The number of carbonyl (C=O) groups is 1. The molecule has 9 heteroatoms. The quantitative estimate of drug-likeness (QED) is 0.520. The van der Waals surface area contributed by atoms with Crippen LogP contribution in [-0.4, -0.2) is 70.0 Å². The first-order chi connectivity index (χ1) is 16.3. The lowest BCUT2D eigenvalue weighted by atomic mass is 10.2. The van der Waals surface area contributed by atoms with Crippen molar-refractivity contribution in [3.63, 3.8) is 0 Å². The fourth-order valence-corrected chi connectivity index (χ4v) is 5.31. The Morgan fingerprint density at radius 3 is 2.44 bits per heavy atom. The number of likely N-dealkylation sites (N-methyl/N-ethyl adjacent to an activating group) is 1. The number of aryl methyl sites for hydroxylation is 1. The van der Waals surface area contributed by atoms with Gasteiger partial charge in [-0.15, -0.1) is 0 Å². The van der Waals surface area contributed by atoms with Crippen LogP contribution >= 0.6 is 0 Å². The van der Waals surface area contributed by atoms with Crippen molar-refractivity contribution in [3.05, 3.63) is 48.0 Å². The van der Waals surface area contributed by atoms with Crippen LogP contribution in [0.1, 0.15) is 31.7 Å². The minimum Gasteiger partial charge on any atom is -0.492 e. The van der Waals surface area contributed by atoms with Gasteiger partial charge in [0.05, 0.1) is 23.7 Å². The highest BCUT2D eigenvalue weighted by Gasteiger charge is 2.27. The Morgan fingerprint density at radius 1 is 1.06 bits per heavy atom. The van der Waals surface area contributed by atoms with Crippen LogP contribution < -0.4 is 14.8 Å². The minimum atomic E-state index is -3.62. The van der Waals surface area contributed by atoms with Crippen molar-refractivity contribution in [2.75, 3.05) is 51.8 Å². The van der Waals surface area contributed by atoms with Gasteiger partial charge in [0.2, 0.25) is 15.9 Å². The van der Waals surface area contributed by atoms with E-state index in [0.717, 1.165) is 25.0 Å². The molecule has 1 aliphatic heterocycles. The lowest BCUT2D eigenvalue weighted by Gasteiger charge is -2.26. The summed E-state index contributed by atoms with van der Waals surface area (Å²) in [5, 5.41) is 2.83. The molecular weight excluding hydrogens is 454 g/mol. The number of amides is 1. The lowest BCUT2D eigenvalue weighted by Crippen LogP contribution is -2.35. The van der Waals surface area contributed by atoms with Crippen LogP contribution in [0.4, 0.5) is 5.69 Å². The lowest BCUT2D eigenvalue weighted by molar-refractivity contribution is -0.117. The number of sulfonamides is 1. The molecule has 1 heterocycles. The number of hydrogen-bond acceptors (Lipinski definition) is 6. The average molecular weight is 490 g/mol. The van der Waals surface area contributed by atoms with Gasteiger partial charge in [0.25, 0.3) is 0 Å². The molecule has 0 unspecified atom stereocenters. The van der Waals surface area contributed by atoms with E-state index in [2.05, 4.69) is 5.32 Å². The smallest absolute Gasteiger partial charge is 0.243 e. The third kappa shape index (κ3) is 7.19. The van der Waals surface area contributed by atoms with E-state index in [1.807, 2.05) is 50.1 Å². The summed E-state index contributed by atoms with van der Waals surface area (Å²) in [6.07, 6.45) is 2.76. The zero-order valence-corrected chi connectivity index (χ0v) is 21.1. The molecule has 1 saturated heterocycles. The highest BCUT2D eigenvalue weighted by atomic mass is 32.2. The van der Waals surface area contributed by atoms with Crippen LogP contribution in [0.2, 0.25) is 0 Å². The summed E-state index contributed by atoms with van der Waals surface area (Å²) >= 11 is 0. The summed E-state index contributed by atoms with van der Waals surface area (Å²) in [5.74, 6) is 0.974. The third-order valence-electron chi connectivity index (χ3n) is 5.65. The number of hydrogen-bond donors (Lipinski definition) is 1. The molecule has 1 amide bonds. The first-order valence-corrected chi connectivity index (χ1v) is 13.2. The molecule has 0 atom stereocenters. The second-order valence-electron chi connectivity index (χ2n) is 8.50. The van der Waals surface area contributed by atoms with Crippen LogP contribution in [-0.2, 0) is 14.8 Å². The van der Waals surface area contributed by atoms with Crippen molar-refractivity contribution in [2.45, 2.75) is 38.0 Å². The number of piperidine rings is 1. The van der Waals surface area contributed by atoms with Crippen molar-refractivity contribution in [3.8, 4) is 11.5 Å². The minimum absolute atomic E-state index is 0.131. The van der Waals surface area contributed by atoms with Crippen molar-refractivity contribution in [1.29, 1.82) is 0 Å². The number of benzene rings is 2. The Balaban J connectivity index is 1.61. The van der Waals surface area contributed by atoms with E-state index in [1.165, 1.54) is 15.9 Å². The van der Waals surface area contributed by atoms with Gasteiger partial charge in [-0.2, -0.15) is 4.31 Å². The maximum absolute atomic E-state index is 13.1. The summed E-state index contributed by atoms with van der Waals surface area (Å²) < 4.78 is 39.0. The summed E-state index contributed by atoms with van der Waals surface area (Å²) in [6.45, 7) is 6.43. The van der Waals surface area contributed by atoms with Crippen LogP contribution in [0.25, 0.3) is 0 Å². The van der Waals surface area contributed by atoms with Crippen LogP contribution in [0, 0.1) is 6.92 Å². The van der Waals surface area contributed by atoms with Crippen LogP contribution in [0.15, 0.2) is 47.4 Å². The Kier molecular flexibility index (Phi) is 9.32. The van der Waals surface area contributed by atoms with E-state index in [0.29, 0.717) is 44.3 Å². The Hall–Kier alpha value is -2.62. The zero-order valence-electron chi connectivity index (χ0n) is 20.2. The second-order valence-corrected chi connectivity index (χ2v) is 10.4. The average Bonchev–Trinajstić information content (AvgIpc) is 2.82. The fraction of sp³-hybridized carbons (Fsp3) is 0.480. The monoisotopic (exact) mass is 489 g/mol. The maximum Gasteiger partial charge on any atom is 0.243 e. The number of rotatable bonds is 11. The number of carbonyl (C=O) groups excluding carboxylic acids is 1. The second kappa shape index (κ2) is 12.2. The molecule has 0 aliphatic carbocycles. The van der Waals surface area contributed by atoms with Gasteiger partial charge >= 0.3 is 0 Å². The molecule has 3 rings (SSSR count). The highest BCUT2D eigenvalue weighted by Crippen LogP contribution is 2.30. The zero-order chi connectivity index (χ0) is 24.6. The molecule has 186 valence electrons. The number of nitrogens with zero attached hydrogens (tertiary/aromatic N) is 2. The molecule has 2 aromatic rings.